The van der Waals surface area contributed by atoms with Crippen LogP contribution in [-0.4, -0.2) is 36.3 Å². The summed E-state index contributed by atoms with van der Waals surface area (Å²) in [7, 11) is 0. The number of rotatable bonds is 6. The first-order chi connectivity index (χ1) is 10.6. The quantitative estimate of drug-likeness (QED) is 0.519. The lowest BCUT2D eigenvalue weighted by Gasteiger charge is -2.25. The van der Waals surface area contributed by atoms with Gasteiger partial charge in [0.25, 0.3) is 5.84 Å². The number of carbonyl (C=O) groups is 1. The maximum atomic E-state index is 11.9. The third-order valence-corrected chi connectivity index (χ3v) is 4.65. The Balaban J connectivity index is 1.76. The van der Waals surface area contributed by atoms with E-state index in [1.165, 1.54) is 19.3 Å². The van der Waals surface area contributed by atoms with Crippen molar-refractivity contribution < 1.29 is 9.79 Å². The van der Waals surface area contributed by atoms with Gasteiger partial charge in [-0.05, 0) is 50.3 Å². The molecule has 1 saturated heterocycles. The van der Waals surface area contributed by atoms with Crippen molar-refractivity contribution in [1.82, 2.24) is 4.90 Å². The molecule has 5 N–H and O–H groups in total. The molecule has 0 aliphatic carbocycles. The van der Waals surface area contributed by atoms with Crippen molar-refractivity contribution in [3.05, 3.63) is 28.5 Å². The fourth-order valence-corrected chi connectivity index (χ4v) is 3.24. The summed E-state index contributed by atoms with van der Waals surface area (Å²) in [5.74, 6) is 0.249. The van der Waals surface area contributed by atoms with Crippen LogP contribution < -0.4 is 16.5 Å². The zero-order valence-corrected chi connectivity index (χ0v) is 13.7. The highest BCUT2D eigenvalue weighted by Crippen LogP contribution is 2.14. The Morgan fingerprint density at radius 3 is 2.77 bits per heavy atom. The first kappa shape index (κ1) is 16.7. The minimum Gasteiger partial charge on any atom is -0.397 e. The van der Waals surface area contributed by atoms with Gasteiger partial charge in [-0.15, -0.1) is 11.3 Å². The molecule has 0 spiro atoms. The highest BCUT2D eigenvalue weighted by Gasteiger charge is 2.11. The average molecular weight is 321 g/mol. The molecule has 0 atom stereocenters. The normalized spacial score (nSPS) is 17.6. The second kappa shape index (κ2) is 8.70. The second-order valence-electron chi connectivity index (χ2n) is 5.59. The number of hydrogen-bond acceptors (Lipinski definition) is 4. The molecule has 0 radical (unpaired) electrons. The maximum Gasteiger partial charge on any atom is 0.307 e. The van der Waals surface area contributed by atoms with E-state index >= 15 is 0 Å². The Labute approximate surface area is 135 Å². The Morgan fingerprint density at radius 2 is 2.09 bits per heavy atom. The average Bonchev–Trinajstić information content (AvgIpc) is 3.02. The molecule has 1 aromatic heterocycles. The van der Waals surface area contributed by atoms with Crippen LogP contribution >= 0.6 is 11.3 Å². The summed E-state index contributed by atoms with van der Waals surface area (Å²) in [6, 6.07) is 3.85. The monoisotopic (exact) mass is 321 g/mol. The number of piperidine rings is 1. The van der Waals surface area contributed by atoms with Crippen molar-refractivity contribution in [1.29, 1.82) is 0 Å². The second-order valence-corrected chi connectivity index (χ2v) is 6.53. The van der Waals surface area contributed by atoms with Gasteiger partial charge in [0.15, 0.2) is 0 Å². The topological polar surface area (TPSA) is 86.3 Å². The van der Waals surface area contributed by atoms with Gasteiger partial charge in [0, 0.05) is 0 Å². The number of nitrogens with two attached hydrogens (primary N) is 2. The van der Waals surface area contributed by atoms with Crippen molar-refractivity contribution in [3.63, 3.8) is 0 Å². The lowest BCUT2D eigenvalue weighted by atomic mass is 10.1. The van der Waals surface area contributed by atoms with Gasteiger partial charge < -0.3 is 10.6 Å². The molecular formula is C16H25N4OS+. The number of carbonyl (C=O) groups excluding carboxylic acids is 1. The molecule has 0 aromatic carbocycles. The number of nitrogens with zero attached hydrogens (tertiary/aromatic N) is 1. The van der Waals surface area contributed by atoms with Crippen molar-refractivity contribution >= 4 is 28.8 Å². The van der Waals surface area contributed by atoms with Crippen molar-refractivity contribution in [3.8, 4) is 0 Å². The van der Waals surface area contributed by atoms with Gasteiger partial charge in [-0.3, -0.25) is 5.73 Å². The lowest BCUT2D eigenvalue weighted by molar-refractivity contribution is -0.378. The van der Waals surface area contributed by atoms with E-state index in [-0.39, 0.29) is 5.91 Å². The summed E-state index contributed by atoms with van der Waals surface area (Å²) in [4.78, 5) is 17.9. The van der Waals surface area contributed by atoms with Crippen LogP contribution in [0.25, 0.3) is 5.70 Å². The molecule has 22 heavy (non-hydrogen) atoms. The summed E-state index contributed by atoms with van der Waals surface area (Å²) < 4.78 is 0. The molecule has 1 fully saturated rings. The van der Waals surface area contributed by atoms with Crippen LogP contribution in [0.15, 0.2) is 23.6 Å². The van der Waals surface area contributed by atoms with E-state index in [9.17, 15) is 4.79 Å². The first-order valence-corrected chi connectivity index (χ1v) is 8.69. The van der Waals surface area contributed by atoms with Crippen LogP contribution in [0.5, 0.6) is 0 Å². The van der Waals surface area contributed by atoms with Gasteiger partial charge in [-0.2, -0.15) is 0 Å². The highest BCUT2D eigenvalue weighted by atomic mass is 32.1. The fraction of sp³-hybridized carbons (Fsp3) is 0.500. The van der Waals surface area contributed by atoms with Crippen LogP contribution in [0.2, 0.25) is 0 Å². The van der Waals surface area contributed by atoms with Crippen LogP contribution in [-0.2, 0) is 4.79 Å². The Kier molecular flexibility index (Phi) is 6.61. The number of amides is 1. The first-order valence-electron chi connectivity index (χ1n) is 7.81. The largest absolute Gasteiger partial charge is 0.397 e. The van der Waals surface area contributed by atoms with E-state index in [2.05, 4.69) is 9.89 Å². The molecule has 0 saturated carbocycles. The third-order valence-electron chi connectivity index (χ3n) is 3.73. The summed E-state index contributed by atoms with van der Waals surface area (Å²) >= 11 is 1.54. The fourth-order valence-electron chi connectivity index (χ4n) is 2.59. The van der Waals surface area contributed by atoms with E-state index in [0.29, 0.717) is 18.0 Å². The maximum absolute atomic E-state index is 11.9. The Bertz CT molecular complexity index is 530. The molecule has 1 aromatic rings. The molecule has 2 rings (SSSR count). The zero-order valence-electron chi connectivity index (χ0n) is 12.9. The van der Waals surface area contributed by atoms with Gasteiger partial charge in [0.1, 0.15) is 0 Å². The molecule has 120 valence electrons. The molecule has 0 unspecified atom stereocenters. The van der Waals surface area contributed by atoms with E-state index < -0.39 is 0 Å². The van der Waals surface area contributed by atoms with Crippen LogP contribution in [0, 0.1) is 0 Å². The minimum atomic E-state index is -0.0512. The van der Waals surface area contributed by atoms with Crippen LogP contribution in [0.1, 0.15) is 37.0 Å². The van der Waals surface area contributed by atoms with Gasteiger partial charge >= 0.3 is 5.91 Å². The number of thiophene rings is 1. The number of likely N-dealkylation sites (tertiary alicyclic amines) is 1. The van der Waals surface area contributed by atoms with Gasteiger partial charge in [0.2, 0.25) is 0 Å². The summed E-state index contributed by atoms with van der Waals surface area (Å²) in [6.07, 6.45) is 6.85. The van der Waals surface area contributed by atoms with E-state index in [4.69, 9.17) is 11.5 Å². The smallest absolute Gasteiger partial charge is 0.307 e. The van der Waals surface area contributed by atoms with Gasteiger partial charge in [-0.1, -0.05) is 12.5 Å². The van der Waals surface area contributed by atoms with E-state index in [1.54, 1.807) is 17.4 Å². The lowest BCUT2D eigenvalue weighted by Crippen LogP contribution is -2.79. The molecule has 2 heterocycles. The minimum absolute atomic E-state index is 0.0512. The highest BCUT2D eigenvalue weighted by molar-refractivity contribution is 7.11. The van der Waals surface area contributed by atoms with Crippen LogP contribution in [0.4, 0.5) is 0 Å². The zero-order chi connectivity index (χ0) is 15.8. The number of amidine groups is 1. The molecule has 1 aliphatic heterocycles. The summed E-state index contributed by atoms with van der Waals surface area (Å²) in [6.45, 7) is 3.31. The van der Waals surface area contributed by atoms with Gasteiger partial charge in [-0.25, -0.2) is 9.79 Å². The molecular weight excluding hydrogens is 296 g/mol. The Morgan fingerprint density at radius 1 is 1.32 bits per heavy atom. The van der Waals surface area contributed by atoms with Crippen molar-refractivity contribution in [2.75, 3.05) is 19.6 Å². The molecule has 0 bridgehead atoms. The molecule has 1 aliphatic rings. The Hall–Kier alpha value is -1.66. The molecule has 6 heteroatoms. The van der Waals surface area contributed by atoms with Crippen LogP contribution in [0.3, 0.4) is 0 Å². The third kappa shape index (κ3) is 5.61. The molecule has 5 nitrogen and oxygen atoms in total. The predicted molar refractivity (Wildman–Crippen MR) is 91.2 cm³/mol. The standard InChI is InChI=1S/C16H24N4OS/c17-13(14-6-5-11-22-14)12-15(18)19-16(21)7-4-10-20-8-2-1-3-9-20/h5-6,11-12H,1-4,7-10,17H2,(H2,18,19,21)/p+1. The summed E-state index contributed by atoms with van der Waals surface area (Å²) in [5, 5.41) is 1.95. The van der Waals surface area contributed by atoms with Crippen molar-refractivity contribution in [2.24, 2.45) is 11.5 Å². The van der Waals surface area contributed by atoms with Crippen molar-refractivity contribution in [2.45, 2.75) is 32.1 Å². The SMILES string of the molecule is NC(=CC(N)=[NH+]C(=O)CCCN1CCCCC1)c1cccs1. The molecule has 1 amide bonds. The number of nitrogens with one attached hydrogen (secondary N) is 1. The van der Waals surface area contributed by atoms with E-state index in [1.807, 2.05) is 17.5 Å². The van der Waals surface area contributed by atoms with Gasteiger partial charge in [0.05, 0.1) is 23.1 Å². The predicted octanol–water partition coefficient (Wildman–Crippen LogP) is 0.278. The summed E-state index contributed by atoms with van der Waals surface area (Å²) in [5.41, 5.74) is 12.3. The number of hydrogen-bond donors (Lipinski definition) is 3. The van der Waals surface area contributed by atoms with E-state index in [0.717, 1.165) is 30.9 Å².